The first-order valence-corrected chi connectivity index (χ1v) is 10.6. The lowest BCUT2D eigenvalue weighted by Crippen LogP contribution is -2.49. The SMILES string of the molecule is CC(C)N1C(=O)[C@](C)(Cc2ccccc2)N=C(c2ccccc2)c2cc(Cl)ccc21. The molecule has 0 aromatic heterocycles. The summed E-state index contributed by atoms with van der Waals surface area (Å²) in [4.78, 5) is 20.9. The van der Waals surface area contributed by atoms with Gasteiger partial charge in [-0.25, -0.2) is 0 Å². The van der Waals surface area contributed by atoms with E-state index in [2.05, 4.69) is 0 Å². The minimum Gasteiger partial charge on any atom is -0.307 e. The van der Waals surface area contributed by atoms with Gasteiger partial charge in [0.1, 0.15) is 5.54 Å². The highest BCUT2D eigenvalue weighted by Gasteiger charge is 2.42. The number of carbonyl (C=O) groups is 1. The Hall–Kier alpha value is -2.91. The number of hydrogen-bond acceptors (Lipinski definition) is 2. The normalized spacial score (nSPS) is 18.8. The van der Waals surface area contributed by atoms with Crippen molar-refractivity contribution in [3.8, 4) is 0 Å². The van der Waals surface area contributed by atoms with Crippen molar-refractivity contribution >= 4 is 28.9 Å². The van der Waals surface area contributed by atoms with Crippen LogP contribution in [0.1, 0.15) is 37.5 Å². The number of rotatable bonds is 4. The van der Waals surface area contributed by atoms with Crippen LogP contribution in [0, 0.1) is 0 Å². The first-order valence-electron chi connectivity index (χ1n) is 10.2. The monoisotopic (exact) mass is 416 g/mol. The van der Waals surface area contributed by atoms with Gasteiger partial charge in [0.15, 0.2) is 0 Å². The second-order valence-electron chi connectivity index (χ2n) is 8.19. The van der Waals surface area contributed by atoms with E-state index < -0.39 is 5.54 Å². The number of fused-ring (bicyclic) bond motifs is 1. The minimum atomic E-state index is -0.942. The van der Waals surface area contributed by atoms with Crippen molar-refractivity contribution in [1.29, 1.82) is 0 Å². The summed E-state index contributed by atoms with van der Waals surface area (Å²) in [7, 11) is 0. The lowest BCUT2D eigenvalue weighted by atomic mass is 9.91. The van der Waals surface area contributed by atoms with Crippen molar-refractivity contribution < 1.29 is 4.79 Å². The lowest BCUT2D eigenvalue weighted by Gasteiger charge is -2.33. The molecule has 0 spiro atoms. The molecule has 3 nitrogen and oxygen atoms in total. The van der Waals surface area contributed by atoms with Crippen LogP contribution in [-0.4, -0.2) is 23.2 Å². The quantitative estimate of drug-likeness (QED) is 0.518. The standard InChI is InChI=1S/C26H25ClN2O/c1-18(2)29-23-15-14-21(27)16-22(23)24(20-12-8-5-9-13-20)28-26(3,25(29)30)17-19-10-6-4-7-11-19/h4-16,18H,17H2,1-3H3/t26-/m0/s1. The fourth-order valence-electron chi connectivity index (χ4n) is 4.07. The molecular weight excluding hydrogens is 392 g/mol. The van der Waals surface area contributed by atoms with Crippen LogP contribution in [0.25, 0.3) is 0 Å². The van der Waals surface area contributed by atoms with Crippen LogP contribution >= 0.6 is 11.6 Å². The van der Waals surface area contributed by atoms with Gasteiger partial charge < -0.3 is 4.90 Å². The van der Waals surface area contributed by atoms with Crippen molar-refractivity contribution in [1.82, 2.24) is 0 Å². The number of halogens is 1. The van der Waals surface area contributed by atoms with E-state index in [1.165, 1.54) is 0 Å². The molecule has 0 saturated heterocycles. The van der Waals surface area contributed by atoms with Crippen LogP contribution in [0.4, 0.5) is 5.69 Å². The maximum atomic E-state index is 13.9. The van der Waals surface area contributed by atoms with E-state index >= 15 is 0 Å². The number of anilines is 1. The molecular formula is C26H25ClN2O. The smallest absolute Gasteiger partial charge is 0.255 e. The molecule has 1 aliphatic rings. The molecule has 0 saturated carbocycles. The van der Waals surface area contributed by atoms with Crippen LogP contribution in [0.5, 0.6) is 0 Å². The summed E-state index contributed by atoms with van der Waals surface area (Å²) < 4.78 is 0. The number of benzodiazepines with no additional fused rings is 1. The number of benzene rings is 3. The highest BCUT2D eigenvalue weighted by atomic mass is 35.5. The molecule has 0 unspecified atom stereocenters. The zero-order valence-corrected chi connectivity index (χ0v) is 18.2. The highest BCUT2D eigenvalue weighted by molar-refractivity contribution is 6.32. The molecule has 4 rings (SSSR count). The molecule has 1 aliphatic heterocycles. The number of aliphatic imine (C=N–C) groups is 1. The third-order valence-electron chi connectivity index (χ3n) is 5.47. The molecule has 0 N–H and O–H groups in total. The van der Waals surface area contributed by atoms with Gasteiger partial charge in [0.2, 0.25) is 0 Å². The summed E-state index contributed by atoms with van der Waals surface area (Å²) in [6.45, 7) is 6.01. The fraction of sp³-hybridized carbons (Fsp3) is 0.231. The Morgan fingerprint density at radius 1 is 0.967 bits per heavy atom. The molecule has 0 fully saturated rings. The Kier molecular flexibility index (Phi) is 5.48. The van der Waals surface area contributed by atoms with Gasteiger partial charge in [0.25, 0.3) is 5.91 Å². The predicted molar refractivity (Wildman–Crippen MR) is 125 cm³/mol. The van der Waals surface area contributed by atoms with Gasteiger partial charge in [-0.15, -0.1) is 0 Å². The van der Waals surface area contributed by atoms with Gasteiger partial charge in [-0.2, -0.15) is 0 Å². The van der Waals surface area contributed by atoms with Crippen LogP contribution in [-0.2, 0) is 11.2 Å². The van der Waals surface area contributed by atoms with Crippen molar-refractivity contribution in [2.24, 2.45) is 4.99 Å². The summed E-state index contributed by atoms with van der Waals surface area (Å²) in [5, 5.41) is 0.625. The lowest BCUT2D eigenvalue weighted by molar-refractivity contribution is -0.123. The first-order chi connectivity index (χ1) is 14.4. The molecule has 0 bridgehead atoms. The molecule has 3 aromatic rings. The van der Waals surface area contributed by atoms with Crippen molar-refractivity contribution in [2.45, 2.75) is 38.8 Å². The summed E-state index contributed by atoms with van der Waals surface area (Å²) in [6.07, 6.45) is 0.522. The van der Waals surface area contributed by atoms with Crippen molar-refractivity contribution in [3.63, 3.8) is 0 Å². The largest absolute Gasteiger partial charge is 0.307 e. The zero-order chi connectivity index (χ0) is 21.3. The number of hydrogen-bond donors (Lipinski definition) is 0. The highest BCUT2D eigenvalue weighted by Crippen LogP contribution is 2.36. The molecule has 4 heteroatoms. The Bertz CT molecular complexity index is 1090. The van der Waals surface area contributed by atoms with Gasteiger partial charge >= 0.3 is 0 Å². The van der Waals surface area contributed by atoms with E-state index in [1.54, 1.807) is 0 Å². The van der Waals surface area contributed by atoms with E-state index in [-0.39, 0.29) is 11.9 Å². The number of nitrogens with zero attached hydrogens (tertiary/aromatic N) is 2. The molecule has 1 amide bonds. The Morgan fingerprint density at radius 3 is 2.23 bits per heavy atom. The topological polar surface area (TPSA) is 32.7 Å². The first kappa shape index (κ1) is 20.4. The van der Waals surface area contributed by atoms with E-state index in [9.17, 15) is 4.79 Å². The number of carbonyl (C=O) groups excluding carboxylic acids is 1. The van der Waals surface area contributed by atoms with Crippen LogP contribution in [0.2, 0.25) is 5.02 Å². The summed E-state index contributed by atoms with van der Waals surface area (Å²) in [5.74, 6) is -0.00384. The predicted octanol–water partition coefficient (Wildman–Crippen LogP) is 5.93. The maximum Gasteiger partial charge on any atom is 0.255 e. The summed E-state index contributed by atoms with van der Waals surface area (Å²) in [5.41, 5.74) is 3.63. The third kappa shape index (κ3) is 3.78. The third-order valence-corrected chi connectivity index (χ3v) is 5.70. The molecule has 1 atom stereocenters. The average Bonchev–Trinajstić information content (AvgIpc) is 2.83. The molecule has 152 valence electrons. The molecule has 3 aromatic carbocycles. The van der Waals surface area contributed by atoms with Gasteiger partial charge in [-0.05, 0) is 44.5 Å². The fourth-order valence-corrected chi connectivity index (χ4v) is 4.24. The average molecular weight is 417 g/mol. The zero-order valence-electron chi connectivity index (χ0n) is 17.5. The van der Waals surface area contributed by atoms with Crippen LogP contribution in [0.3, 0.4) is 0 Å². The molecule has 0 aliphatic carbocycles. The van der Waals surface area contributed by atoms with Gasteiger partial charge in [0, 0.05) is 28.6 Å². The van der Waals surface area contributed by atoms with E-state index in [0.717, 1.165) is 28.1 Å². The summed E-state index contributed by atoms with van der Waals surface area (Å²) in [6, 6.07) is 25.8. The van der Waals surface area contributed by atoms with Crippen LogP contribution in [0.15, 0.2) is 83.9 Å². The van der Waals surface area contributed by atoms with Crippen molar-refractivity contribution in [2.75, 3.05) is 4.90 Å². The van der Waals surface area contributed by atoms with E-state index in [4.69, 9.17) is 16.6 Å². The molecule has 1 heterocycles. The Balaban J connectivity index is 1.98. The van der Waals surface area contributed by atoms with Crippen LogP contribution < -0.4 is 4.90 Å². The second kappa shape index (κ2) is 8.08. The second-order valence-corrected chi connectivity index (χ2v) is 8.63. The molecule has 30 heavy (non-hydrogen) atoms. The maximum absolute atomic E-state index is 13.9. The summed E-state index contributed by atoms with van der Waals surface area (Å²) >= 11 is 6.39. The van der Waals surface area contributed by atoms with Gasteiger partial charge in [-0.3, -0.25) is 9.79 Å². The Morgan fingerprint density at radius 2 is 1.60 bits per heavy atom. The van der Waals surface area contributed by atoms with E-state index in [1.807, 2.05) is 105 Å². The molecule has 0 radical (unpaired) electrons. The van der Waals surface area contributed by atoms with E-state index in [0.29, 0.717) is 11.4 Å². The minimum absolute atomic E-state index is 0.00384. The van der Waals surface area contributed by atoms with Gasteiger partial charge in [0.05, 0.1) is 11.4 Å². The van der Waals surface area contributed by atoms with Crippen molar-refractivity contribution in [3.05, 3.63) is 101 Å². The Labute approximate surface area is 183 Å². The van der Waals surface area contributed by atoms with Gasteiger partial charge in [-0.1, -0.05) is 72.3 Å². The number of amides is 1.